The van der Waals surface area contributed by atoms with Crippen molar-refractivity contribution in [2.75, 3.05) is 57.0 Å². The third-order valence-electron chi connectivity index (χ3n) is 6.26. The highest BCUT2D eigenvalue weighted by molar-refractivity contribution is 6.30. The third kappa shape index (κ3) is 8.14. The number of piperazine rings is 1. The number of hydrogen-bond donors (Lipinski definition) is 3. The van der Waals surface area contributed by atoms with Gasteiger partial charge in [-0.1, -0.05) is 11.6 Å². The number of aromatic nitrogens is 2. The number of amides is 4. The zero-order valence-electron chi connectivity index (χ0n) is 22.4. The van der Waals surface area contributed by atoms with Gasteiger partial charge in [0.05, 0.1) is 30.4 Å². The maximum absolute atomic E-state index is 13.1. The van der Waals surface area contributed by atoms with Crippen LogP contribution in [-0.2, 0) is 0 Å². The molecule has 1 aliphatic heterocycles. The second-order valence-corrected chi connectivity index (χ2v) is 9.83. The molecule has 2 aromatic carbocycles. The average molecular weight is 566 g/mol. The molecule has 1 saturated heterocycles. The first-order valence-corrected chi connectivity index (χ1v) is 13.3. The fourth-order valence-electron chi connectivity index (χ4n) is 3.97. The van der Waals surface area contributed by atoms with Crippen molar-refractivity contribution in [2.24, 2.45) is 0 Å². The first-order valence-electron chi connectivity index (χ1n) is 12.9. The van der Waals surface area contributed by atoms with Crippen molar-refractivity contribution < 1.29 is 19.1 Å². The highest BCUT2D eigenvalue weighted by Gasteiger charge is 2.22. The van der Waals surface area contributed by atoms with Crippen LogP contribution in [0.5, 0.6) is 5.75 Å². The standard InChI is InChI=1S/C28H32ClN7O4/c1-19-17-32-25(18-31-19)34-28(39)33-23-16-21(27(38)36-13-11-35(2)12-14-36)6-9-24(23)40-15-3-10-30-26(37)20-4-7-22(29)8-5-20/h4-9,16-18H,3,10-15H2,1-2H3,(H,30,37)(H2,32,33,34,39). The van der Waals surface area contributed by atoms with Gasteiger partial charge in [-0.3, -0.25) is 19.9 Å². The van der Waals surface area contributed by atoms with E-state index < -0.39 is 6.03 Å². The van der Waals surface area contributed by atoms with E-state index in [0.29, 0.717) is 53.6 Å². The summed E-state index contributed by atoms with van der Waals surface area (Å²) in [6.45, 7) is 5.31. The maximum atomic E-state index is 13.1. The number of likely N-dealkylation sites (N-methyl/N-ethyl adjacent to an activating group) is 1. The molecule has 1 fully saturated rings. The molecule has 0 radical (unpaired) electrons. The fraction of sp³-hybridized carbons (Fsp3) is 0.321. The zero-order valence-corrected chi connectivity index (χ0v) is 23.2. The van der Waals surface area contributed by atoms with Crippen molar-refractivity contribution >= 4 is 41.0 Å². The lowest BCUT2D eigenvalue weighted by molar-refractivity contribution is 0.0664. The number of aryl methyl sites for hydroxylation is 1. The van der Waals surface area contributed by atoms with Gasteiger partial charge in [0, 0.05) is 48.9 Å². The van der Waals surface area contributed by atoms with Gasteiger partial charge in [0.1, 0.15) is 5.75 Å². The van der Waals surface area contributed by atoms with E-state index >= 15 is 0 Å². The van der Waals surface area contributed by atoms with Crippen LogP contribution in [-0.4, -0.2) is 84.0 Å². The Balaban J connectivity index is 1.39. The Kier molecular flexibility index (Phi) is 9.87. The van der Waals surface area contributed by atoms with E-state index in [0.717, 1.165) is 18.8 Å². The van der Waals surface area contributed by atoms with E-state index in [1.54, 1.807) is 60.5 Å². The number of rotatable bonds is 9. The van der Waals surface area contributed by atoms with Crippen LogP contribution in [0.25, 0.3) is 0 Å². The molecule has 3 N–H and O–H groups in total. The van der Waals surface area contributed by atoms with Gasteiger partial charge in [-0.05, 0) is 62.9 Å². The van der Waals surface area contributed by atoms with Crippen molar-refractivity contribution in [1.82, 2.24) is 25.1 Å². The fourth-order valence-corrected chi connectivity index (χ4v) is 4.09. The summed E-state index contributed by atoms with van der Waals surface area (Å²) in [4.78, 5) is 50.4. The summed E-state index contributed by atoms with van der Waals surface area (Å²) in [6.07, 6.45) is 3.52. The van der Waals surface area contributed by atoms with Gasteiger partial charge in [0.2, 0.25) is 0 Å². The van der Waals surface area contributed by atoms with Gasteiger partial charge in [0.15, 0.2) is 5.82 Å². The summed E-state index contributed by atoms with van der Waals surface area (Å²) in [6, 6.07) is 11.0. The molecule has 11 nitrogen and oxygen atoms in total. The highest BCUT2D eigenvalue weighted by Crippen LogP contribution is 2.27. The minimum absolute atomic E-state index is 0.113. The van der Waals surface area contributed by atoms with Crippen LogP contribution >= 0.6 is 11.6 Å². The number of nitrogens with one attached hydrogen (secondary N) is 3. The lowest BCUT2D eigenvalue weighted by Gasteiger charge is -2.32. The number of anilines is 2. The summed E-state index contributed by atoms with van der Waals surface area (Å²) in [5, 5.41) is 8.79. The van der Waals surface area contributed by atoms with Crippen LogP contribution in [0.15, 0.2) is 54.9 Å². The third-order valence-corrected chi connectivity index (χ3v) is 6.51. The maximum Gasteiger partial charge on any atom is 0.324 e. The number of urea groups is 1. The molecular formula is C28H32ClN7O4. The van der Waals surface area contributed by atoms with Crippen LogP contribution in [0, 0.1) is 6.92 Å². The molecule has 0 atom stereocenters. The van der Waals surface area contributed by atoms with E-state index in [2.05, 4.69) is 30.8 Å². The van der Waals surface area contributed by atoms with Gasteiger partial charge in [-0.15, -0.1) is 0 Å². The Bertz CT molecular complexity index is 1330. The zero-order chi connectivity index (χ0) is 28.5. The van der Waals surface area contributed by atoms with Crippen molar-refractivity contribution in [2.45, 2.75) is 13.3 Å². The molecule has 0 unspecified atom stereocenters. The number of carbonyl (C=O) groups is 3. The Morgan fingerprint density at radius 1 is 0.950 bits per heavy atom. The quantitative estimate of drug-likeness (QED) is 0.338. The lowest BCUT2D eigenvalue weighted by atomic mass is 10.1. The number of ether oxygens (including phenoxy) is 1. The Morgan fingerprint density at radius 3 is 2.38 bits per heavy atom. The van der Waals surface area contributed by atoms with Gasteiger partial charge < -0.3 is 25.2 Å². The number of benzene rings is 2. The smallest absolute Gasteiger partial charge is 0.324 e. The van der Waals surface area contributed by atoms with Crippen LogP contribution in [0.4, 0.5) is 16.3 Å². The van der Waals surface area contributed by atoms with E-state index in [1.165, 1.54) is 6.20 Å². The summed E-state index contributed by atoms with van der Waals surface area (Å²) in [5.41, 5.74) is 2.02. The largest absolute Gasteiger partial charge is 0.491 e. The monoisotopic (exact) mass is 565 g/mol. The minimum Gasteiger partial charge on any atom is -0.491 e. The minimum atomic E-state index is -0.553. The van der Waals surface area contributed by atoms with Crippen LogP contribution in [0.3, 0.4) is 0 Å². The molecular weight excluding hydrogens is 534 g/mol. The molecule has 0 aliphatic carbocycles. The molecule has 3 aromatic rings. The Morgan fingerprint density at radius 2 is 1.68 bits per heavy atom. The number of nitrogens with zero attached hydrogens (tertiary/aromatic N) is 4. The molecule has 12 heteroatoms. The van der Waals surface area contributed by atoms with Gasteiger partial charge >= 0.3 is 6.03 Å². The predicted molar refractivity (Wildman–Crippen MR) is 153 cm³/mol. The van der Waals surface area contributed by atoms with Crippen molar-refractivity contribution in [1.29, 1.82) is 0 Å². The van der Waals surface area contributed by atoms with Crippen LogP contribution in [0.1, 0.15) is 32.8 Å². The molecule has 0 spiro atoms. The molecule has 1 aromatic heterocycles. The van der Waals surface area contributed by atoms with E-state index in [4.69, 9.17) is 16.3 Å². The van der Waals surface area contributed by atoms with Crippen molar-refractivity contribution in [3.05, 3.63) is 76.7 Å². The molecule has 0 saturated carbocycles. The Labute approximate surface area is 237 Å². The molecule has 0 bridgehead atoms. The molecule has 2 heterocycles. The summed E-state index contributed by atoms with van der Waals surface area (Å²) >= 11 is 5.88. The Hall–Kier alpha value is -4.22. The highest BCUT2D eigenvalue weighted by atomic mass is 35.5. The van der Waals surface area contributed by atoms with Crippen molar-refractivity contribution in [3.63, 3.8) is 0 Å². The van der Waals surface area contributed by atoms with Crippen molar-refractivity contribution in [3.8, 4) is 5.75 Å². The second kappa shape index (κ2) is 13.7. The number of hydrogen-bond acceptors (Lipinski definition) is 7. The molecule has 4 rings (SSSR count). The lowest BCUT2D eigenvalue weighted by Crippen LogP contribution is -2.47. The van der Waals surface area contributed by atoms with Gasteiger partial charge in [-0.25, -0.2) is 9.78 Å². The van der Waals surface area contributed by atoms with E-state index in [-0.39, 0.29) is 24.2 Å². The van der Waals surface area contributed by atoms with E-state index in [9.17, 15) is 14.4 Å². The summed E-state index contributed by atoms with van der Waals surface area (Å²) in [5.74, 6) is 0.356. The van der Waals surface area contributed by atoms with Gasteiger partial charge in [-0.2, -0.15) is 0 Å². The SMILES string of the molecule is Cc1cnc(NC(=O)Nc2cc(C(=O)N3CCN(C)CC3)ccc2OCCCNC(=O)c2ccc(Cl)cc2)cn1. The number of halogens is 1. The number of carbonyl (C=O) groups excluding carboxylic acids is 3. The summed E-state index contributed by atoms with van der Waals surface area (Å²) in [7, 11) is 2.02. The second-order valence-electron chi connectivity index (χ2n) is 9.39. The topological polar surface area (TPSA) is 129 Å². The van der Waals surface area contributed by atoms with E-state index in [1.807, 2.05) is 7.05 Å². The molecule has 4 amide bonds. The normalized spacial score (nSPS) is 13.4. The molecule has 40 heavy (non-hydrogen) atoms. The summed E-state index contributed by atoms with van der Waals surface area (Å²) < 4.78 is 5.93. The predicted octanol–water partition coefficient (Wildman–Crippen LogP) is 3.67. The van der Waals surface area contributed by atoms with Crippen LogP contribution in [0.2, 0.25) is 5.02 Å². The average Bonchev–Trinajstić information content (AvgIpc) is 2.95. The molecule has 210 valence electrons. The first-order chi connectivity index (χ1) is 19.3. The molecule has 1 aliphatic rings. The van der Waals surface area contributed by atoms with Crippen LogP contribution < -0.4 is 20.7 Å². The van der Waals surface area contributed by atoms with Gasteiger partial charge in [0.25, 0.3) is 11.8 Å². The first kappa shape index (κ1) is 28.8.